The first-order valence-corrected chi connectivity index (χ1v) is 22.1. The summed E-state index contributed by atoms with van der Waals surface area (Å²) in [4.78, 5) is 0. The molecule has 0 unspecified atom stereocenters. The van der Waals surface area contributed by atoms with E-state index in [-0.39, 0.29) is 16.2 Å². The van der Waals surface area contributed by atoms with E-state index in [1.807, 2.05) is 0 Å². The number of rotatable bonds is 3. The number of aromatic nitrogens is 1. The molecule has 0 fully saturated rings. The number of anilines is 2. The van der Waals surface area contributed by atoms with Gasteiger partial charge in [-0.05, 0) is 109 Å². The topological polar surface area (TPSA) is 30.1 Å². The van der Waals surface area contributed by atoms with E-state index < -0.39 is 0 Å². The highest BCUT2D eigenvalue weighted by Gasteiger charge is 2.39. The molecule has 1 N–H and O–H groups in total. The molecule has 0 saturated heterocycles. The normalized spacial score (nSPS) is 15.1. The van der Waals surface area contributed by atoms with E-state index in [9.17, 15) is 0 Å². The van der Waals surface area contributed by atoms with Gasteiger partial charge in [0.15, 0.2) is 7.28 Å². The number of fused-ring (bicyclic) bond motifs is 14. The number of benzene rings is 8. The fourth-order valence-electron chi connectivity index (χ4n) is 11.5. The second-order valence-electron chi connectivity index (χ2n) is 20.1. The molecule has 3 heterocycles. The van der Waals surface area contributed by atoms with E-state index in [0.717, 1.165) is 38.9 Å². The fourth-order valence-corrected chi connectivity index (χ4v) is 11.5. The summed E-state index contributed by atoms with van der Waals surface area (Å²) >= 11 is 0. The Morgan fingerprint density at radius 3 is 1.89 bits per heavy atom. The van der Waals surface area contributed by atoms with Gasteiger partial charge in [0.25, 0.3) is 0 Å². The molecule has 1 aliphatic heterocycles. The average Bonchev–Trinajstić information content (AvgIpc) is 3.93. The molecule has 10 aromatic rings. The van der Waals surface area contributed by atoms with Gasteiger partial charge >= 0.3 is 0 Å². The van der Waals surface area contributed by atoms with E-state index in [4.69, 9.17) is 4.42 Å². The summed E-state index contributed by atoms with van der Waals surface area (Å²) in [7, 11) is 2.48. The summed E-state index contributed by atoms with van der Waals surface area (Å²) in [6.07, 6.45) is 0. The Bertz CT molecular complexity index is 3610. The number of nitrogens with one attached hydrogen (secondary N) is 1. The third-order valence-electron chi connectivity index (χ3n) is 14.8. The summed E-state index contributed by atoms with van der Waals surface area (Å²) < 4.78 is 9.15. The first kappa shape index (κ1) is 35.9. The van der Waals surface area contributed by atoms with Crippen LogP contribution in [-0.2, 0) is 16.2 Å². The van der Waals surface area contributed by atoms with E-state index in [1.54, 1.807) is 0 Å². The van der Waals surface area contributed by atoms with Gasteiger partial charge in [-0.3, -0.25) is 0 Å². The Labute approximate surface area is 363 Å². The van der Waals surface area contributed by atoms with Gasteiger partial charge in [0.1, 0.15) is 11.2 Å². The molecule has 62 heavy (non-hydrogen) atoms. The number of furan rings is 1. The molecular formula is C58H46BN2O. The summed E-state index contributed by atoms with van der Waals surface area (Å²) in [6.45, 7) is 16.3. The molecule has 1 radical (unpaired) electrons. The first-order chi connectivity index (χ1) is 29.9. The van der Waals surface area contributed by atoms with Crippen molar-refractivity contribution < 1.29 is 4.42 Å². The summed E-state index contributed by atoms with van der Waals surface area (Å²) in [5.74, 6) is 0. The van der Waals surface area contributed by atoms with Crippen LogP contribution < -0.4 is 16.2 Å². The fraction of sp³-hybridized carbons (Fsp3) is 0.172. The standard InChI is InChI=1S/C58H46BN2O/c1-56(2,3)32-20-22-33(23-21-32)60-49-31-53-43(36-16-10-13-19-52(36)62-53)27-41(49)37-24-25-38-42-26-39-34-14-8-11-17-44(34)58(6,7)47(39)30-50(42)61-51-28-40-35-15-9-12-18-45(35)57(4,5)46(40)29-48(51)59-54(37)55(38)61/h8-31,60H,1-7H3. The zero-order valence-electron chi connectivity index (χ0n) is 36.3. The van der Waals surface area contributed by atoms with Gasteiger partial charge in [0, 0.05) is 60.9 Å². The van der Waals surface area contributed by atoms with Gasteiger partial charge in [-0.1, -0.05) is 151 Å². The Kier molecular flexibility index (Phi) is 6.94. The van der Waals surface area contributed by atoms with Crippen molar-refractivity contribution >= 4 is 73.3 Å². The molecule has 0 saturated carbocycles. The van der Waals surface area contributed by atoms with E-state index in [1.165, 1.54) is 94.1 Å². The Morgan fingerprint density at radius 1 is 0.516 bits per heavy atom. The van der Waals surface area contributed by atoms with Crippen LogP contribution in [0.15, 0.2) is 150 Å². The Balaban J connectivity index is 1.11. The lowest BCUT2D eigenvalue weighted by Crippen LogP contribution is -2.38. The largest absolute Gasteiger partial charge is 0.456 e. The zero-order valence-corrected chi connectivity index (χ0v) is 36.3. The highest BCUT2D eigenvalue weighted by Crippen LogP contribution is 2.53. The van der Waals surface area contributed by atoms with Gasteiger partial charge in [-0.25, -0.2) is 0 Å². The molecular weight excluding hydrogens is 751 g/mol. The molecule has 2 aromatic heterocycles. The van der Waals surface area contributed by atoms with Gasteiger partial charge < -0.3 is 14.3 Å². The highest BCUT2D eigenvalue weighted by molar-refractivity contribution is 6.73. The molecule has 0 spiro atoms. The minimum atomic E-state index is -0.121. The Hall–Kier alpha value is -6.78. The Morgan fingerprint density at radius 2 is 1.16 bits per heavy atom. The maximum Gasteiger partial charge on any atom is 0.197 e. The van der Waals surface area contributed by atoms with Crippen molar-refractivity contribution in [3.05, 3.63) is 173 Å². The zero-order chi connectivity index (χ0) is 42.0. The predicted octanol–water partition coefficient (Wildman–Crippen LogP) is 14.0. The first-order valence-electron chi connectivity index (χ1n) is 22.1. The van der Waals surface area contributed by atoms with E-state index >= 15 is 0 Å². The van der Waals surface area contributed by atoms with Crippen LogP contribution in [0.1, 0.15) is 76.3 Å². The van der Waals surface area contributed by atoms with Crippen molar-refractivity contribution in [1.29, 1.82) is 0 Å². The minimum Gasteiger partial charge on any atom is -0.456 e. The van der Waals surface area contributed by atoms with Gasteiger partial charge in [-0.15, -0.1) is 0 Å². The SMILES string of the molecule is CC(C)(C)c1ccc(Nc2cc3oc4ccccc4c3cc2-c2ccc3c4cc5c(cc4n4c3c2[B]c2cc3c(cc2-4)-c2ccccc2C3(C)C)C(C)(C)c2ccccc2-5)cc1. The quantitative estimate of drug-likeness (QED) is 0.181. The van der Waals surface area contributed by atoms with Crippen LogP contribution in [0.4, 0.5) is 11.4 Å². The van der Waals surface area contributed by atoms with Crippen molar-refractivity contribution in [2.24, 2.45) is 0 Å². The van der Waals surface area contributed by atoms with Crippen molar-refractivity contribution in [1.82, 2.24) is 4.57 Å². The highest BCUT2D eigenvalue weighted by atomic mass is 16.3. The van der Waals surface area contributed by atoms with Crippen LogP contribution in [0.3, 0.4) is 0 Å². The third kappa shape index (κ3) is 4.73. The third-order valence-corrected chi connectivity index (χ3v) is 14.8. The van der Waals surface area contributed by atoms with Crippen LogP contribution in [-0.4, -0.2) is 11.8 Å². The molecule has 4 heteroatoms. The van der Waals surface area contributed by atoms with Crippen molar-refractivity contribution in [3.63, 3.8) is 0 Å². The molecule has 13 rings (SSSR count). The number of hydrogen-bond acceptors (Lipinski definition) is 2. The van der Waals surface area contributed by atoms with Crippen LogP contribution in [0, 0.1) is 0 Å². The summed E-state index contributed by atoms with van der Waals surface area (Å²) in [5, 5.41) is 8.68. The maximum atomic E-state index is 6.55. The van der Waals surface area contributed by atoms with E-state index in [2.05, 4.69) is 211 Å². The molecule has 8 aromatic carbocycles. The van der Waals surface area contributed by atoms with Crippen LogP contribution in [0.2, 0.25) is 0 Å². The lowest BCUT2D eigenvalue weighted by Gasteiger charge is -2.27. The van der Waals surface area contributed by atoms with E-state index in [0.29, 0.717) is 0 Å². The average molecular weight is 798 g/mol. The lowest BCUT2D eigenvalue weighted by atomic mass is 9.58. The van der Waals surface area contributed by atoms with Crippen LogP contribution >= 0.6 is 0 Å². The van der Waals surface area contributed by atoms with Crippen molar-refractivity contribution in [3.8, 4) is 39.1 Å². The monoisotopic (exact) mass is 797 g/mol. The number of nitrogens with zero attached hydrogens (tertiary/aromatic N) is 1. The molecule has 2 aliphatic carbocycles. The molecule has 297 valence electrons. The molecule has 0 atom stereocenters. The second kappa shape index (κ2) is 12.0. The lowest BCUT2D eigenvalue weighted by molar-refractivity contribution is 0.590. The molecule has 0 amide bonds. The van der Waals surface area contributed by atoms with Gasteiger partial charge in [0.05, 0.1) is 11.2 Å². The smallest absolute Gasteiger partial charge is 0.197 e. The summed E-state index contributed by atoms with van der Waals surface area (Å²) in [6, 6.07) is 54.7. The van der Waals surface area contributed by atoms with Crippen molar-refractivity contribution in [2.75, 3.05) is 5.32 Å². The molecule has 3 nitrogen and oxygen atoms in total. The van der Waals surface area contributed by atoms with Crippen LogP contribution in [0.25, 0.3) is 82.8 Å². The molecule has 0 bridgehead atoms. The van der Waals surface area contributed by atoms with Gasteiger partial charge in [-0.2, -0.15) is 0 Å². The maximum absolute atomic E-state index is 6.55. The summed E-state index contributed by atoms with van der Waals surface area (Å²) in [5.41, 5.74) is 24.4. The van der Waals surface area contributed by atoms with Crippen LogP contribution in [0.5, 0.6) is 0 Å². The number of hydrogen-bond donors (Lipinski definition) is 1. The second-order valence-corrected chi connectivity index (χ2v) is 20.1. The number of para-hydroxylation sites is 1. The van der Waals surface area contributed by atoms with Gasteiger partial charge in [0.2, 0.25) is 0 Å². The minimum absolute atomic E-state index is 0.0664. The molecule has 3 aliphatic rings. The van der Waals surface area contributed by atoms with Crippen molar-refractivity contribution in [2.45, 2.75) is 64.7 Å². The predicted molar refractivity (Wildman–Crippen MR) is 262 cm³/mol.